The zero-order chi connectivity index (χ0) is 26.8. The van der Waals surface area contributed by atoms with E-state index in [1.165, 1.54) is 31.2 Å². The lowest BCUT2D eigenvalue weighted by Crippen LogP contribution is -2.45. The predicted octanol–water partition coefficient (Wildman–Crippen LogP) is 4.86. The molecule has 0 saturated carbocycles. The molecule has 0 radical (unpaired) electrons. The quantitative estimate of drug-likeness (QED) is 0.416. The number of nitrogens with zero attached hydrogens (tertiary/aromatic N) is 1. The molecule has 3 aromatic carbocycles. The number of carbonyl (C=O) groups is 1. The smallest absolute Gasteiger partial charge is 0.261 e. The van der Waals surface area contributed by atoms with E-state index in [9.17, 15) is 21.6 Å². The van der Waals surface area contributed by atoms with Gasteiger partial charge in [-0.3, -0.25) is 13.8 Å². The van der Waals surface area contributed by atoms with Gasteiger partial charge in [0.15, 0.2) is 0 Å². The second kappa shape index (κ2) is 10.5. The van der Waals surface area contributed by atoms with Gasteiger partial charge in [-0.1, -0.05) is 23.7 Å². The number of nitrogens with one attached hydrogen (secondary N) is 2. The highest BCUT2D eigenvalue weighted by molar-refractivity contribution is 7.92. The van der Waals surface area contributed by atoms with E-state index in [0.29, 0.717) is 27.6 Å². The van der Waals surface area contributed by atoms with Gasteiger partial charge < -0.3 is 5.32 Å². The Bertz CT molecular complexity index is 1480. The van der Waals surface area contributed by atoms with Crippen LogP contribution in [-0.2, 0) is 24.8 Å². The van der Waals surface area contributed by atoms with Gasteiger partial charge in [0.05, 0.1) is 22.5 Å². The van der Waals surface area contributed by atoms with Gasteiger partial charge >= 0.3 is 0 Å². The largest absolute Gasteiger partial charge is 0.324 e. The average molecular weight is 550 g/mol. The maximum absolute atomic E-state index is 13.0. The van der Waals surface area contributed by atoms with Crippen LogP contribution in [0.2, 0.25) is 5.02 Å². The zero-order valence-corrected chi connectivity index (χ0v) is 22.9. The van der Waals surface area contributed by atoms with Gasteiger partial charge in [0.2, 0.25) is 15.9 Å². The Kier molecular flexibility index (Phi) is 8.02. The summed E-state index contributed by atoms with van der Waals surface area (Å²) in [5, 5.41) is 3.10. The first-order valence-electron chi connectivity index (χ1n) is 11.0. The Morgan fingerprint density at radius 1 is 0.917 bits per heavy atom. The number of aryl methyl sites for hydroxylation is 2. The Morgan fingerprint density at radius 2 is 1.50 bits per heavy atom. The first kappa shape index (κ1) is 27.5. The number of anilines is 3. The molecule has 8 nitrogen and oxygen atoms in total. The van der Waals surface area contributed by atoms with E-state index >= 15 is 0 Å². The van der Waals surface area contributed by atoms with Crippen LogP contribution in [0.25, 0.3) is 0 Å². The topological polar surface area (TPSA) is 113 Å². The zero-order valence-electron chi connectivity index (χ0n) is 20.5. The lowest BCUT2D eigenvalue weighted by atomic mass is 10.1. The predicted molar refractivity (Wildman–Crippen MR) is 145 cm³/mol. The molecule has 0 heterocycles. The molecule has 0 fully saturated rings. The third-order valence-corrected chi connectivity index (χ3v) is 8.53. The van der Waals surface area contributed by atoms with E-state index < -0.39 is 32.0 Å². The maximum Gasteiger partial charge on any atom is 0.261 e. The van der Waals surface area contributed by atoms with Crippen LogP contribution in [0, 0.1) is 20.8 Å². The Balaban J connectivity index is 1.80. The van der Waals surface area contributed by atoms with Crippen molar-refractivity contribution in [2.24, 2.45) is 0 Å². The van der Waals surface area contributed by atoms with Crippen molar-refractivity contribution in [1.82, 2.24) is 0 Å². The van der Waals surface area contributed by atoms with Gasteiger partial charge in [0, 0.05) is 10.7 Å². The minimum atomic E-state index is -3.90. The summed E-state index contributed by atoms with van der Waals surface area (Å²) in [6, 6.07) is 14.7. The Morgan fingerprint density at radius 3 is 2.06 bits per heavy atom. The molecule has 0 aliphatic heterocycles. The summed E-state index contributed by atoms with van der Waals surface area (Å²) in [4.78, 5) is 13.0. The molecule has 0 aliphatic rings. The van der Waals surface area contributed by atoms with Gasteiger partial charge in [-0.25, -0.2) is 16.8 Å². The van der Waals surface area contributed by atoms with Crippen LogP contribution in [0.15, 0.2) is 65.6 Å². The normalized spacial score (nSPS) is 12.6. The molecular formula is C25H28ClN3O5S2. The highest BCUT2D eigenvalue weighted by Gasteiger charge is 2.29. The third-order valence-electron chi connectivity index (χ3n) is 5.49. The van der Waals surface area contributed by atoms with Crippen LogP contribution in [-0.4, -0.2) is 35.0 Å². The van der Waals surface area contributed by atoms with E-state index in [2.05, 4.69) is 10.0 Å². The minimum Gasteiger partial charge on any atom is -0.324 e. The van der Waals surface area contributed by atoms with Gasteiger partial charge in [0.25, 0.3) is 10.0 Å². The molecule has 1 atom stereocenters. The van der Waals surface area contributed by atoms with Crippen molar-refractivity contribution in [2.75, 3.05) is 20.6 Å². The van der Waals surface area contributed by atoms with Crippen molar-refractivity contribution in [3.63, 3.8) is 0 Å². The van der Waals surface area contributed by atoms with Gasteiger partial charge in [-0.05, 0) is 92.9 Å². The van der Waals surface area contributed by atoms with Gasteiger partial charge in [0.1, 0.15) is 6.04 Å². The van der Waals surface area contributed by atoms with E-state index in [4.69, 9.17) is 11.6 Å². The van der Waals surface area contributed by atoms with E-state index in [1.54, 1.807) is 37.3 Å². The fourth-order valence-corrected chi connectivity index (χ4v) is 6.23. The third kappa shape index (κ3) is 6.37. The first-order chi connectivity index (χ1) is 16.7. The molecule has 1 amide bonds. The van der Waals surface area contributed by atoms with Crippen molar-refractivity contribution in [3.05, 3.63) is 82.4 Å². The monoisotopic (exact) mass is 549 g/mol. The molecule has 36 heavy (non-hydrogen) atoms. The molecule has 3 rings (SSSR count). The summed E-state index contributed by atoms with van der Waals surface area (Å²) in [7, 11) is -7.68. The van der Waals surface area contributed by atoms with Crippen LogP contribution in [0.5, 0.6) is 0 Å². The fourth-order valence-electron chi connectivity index (χ4n) is 3.77. The van der Waals surface area contributed by atoms with Crippen LogP contribution < -0.4 is 14.3 Å². The summed E-state index contributed by atoms with van der Waals surface area (Å²) in [6.07, 6.45) is 1.04. The molecule has 0 aliphatic carbocycles. The van der Waals surface area contributed by atoms with Crippen LogP contribution in [0.1, 0.15) is 23.6 Å². The molecule has 192 valence electrons. The molecular weight excluding hydrogens is 522 g/mol. The number of hydrogen-bond donors (Lipinski definition) is 2. The molecule has 0 saturated heterocycles. The minimum absolute atomic E-state index is 0.0130. The molecule has 11 heteroatoms. The lowest BCUT2D eigenvalue weighted by Gasteiger charge is -2.28. The van der Waals surface area contributed by atoms with E-state index in [0.717, 1.165) is 21.7 Å². The van der Waals surface area contributed by atoms with Crippen molar-refractivity contribution < 1.29 is 21.6 Å². The number of sulfonamides is 2. The highest BCUT2D eigenvalue weighted by Crippen LogP contribution is 2.27. The van der Waals surface area contributed by atoms with Crippen molar-refractivity contribution in [2.45, 2.75) is 38.6 Å². The molecule has 0 unspecified atom stereocenters. The molecule has 0 aromatic heterocycles. The fraction of sp³-hybridized carbons (Fsp3) is 0.240. The number of amides is 1. The van der Waals surface area contributed by atoms with Gasteiger partial charge in [-0.15, -0.1) is 0 Å². The molecule has 0 bridgehead atoms. The van der Waals surface area contributed by atoms with Crippen LogP contribution in [0.4, 0.5) is 17.1 Å². The second-order valence-corrected chi connectivity index (χ2v) is 12.6. The number of hydrogen-bond acceptors (Lipinski definition) is 5. The van der Waals surface area contributed by atoms with Crippen LogP contribution in [0.3, 0.4) is 0 Å². The molecule has 2 N–H and O–H groups in total. The van der Waals surface area contributed by atoms with Crippen LogP contribution >= 0.6 is 11.6 Å². The average Bonchev–Trinajstić information content (AvgIpc) is 2.75. The Labute approximate surface area is 217 Å². The summed E-state index contributed by atoms with van der Waals surface area (Å²) >= 11 is 6.07. The first-order valence-corrected chi connectivity index (χ1v) is 14.7. The van der Waals surface area contributed by atoms with E-state index in [1.807, 2.05) is 19.9 Å². The maximum atomic E-state index is 13.0. The SMILES string of the molecule is Cc1cc(C)cc(N([C@H](C)C(=O)Nc2ccc(S(=O)(=O)Nc3cccc(Cl)c3C)cc2)S(C)(=O)=O)c1. The highest BCUT2D eigenvalue weighted by atomic mass is 35.5. The number of rotatable bonds is 8. The van der Waals surface area contributed by atoms with Crippen molar-refractivity contribution in [1.29, 1.82) is 0 Å². The molecule has 3 aromatic rings. The van der Waals surface area contributed by atoms with Gasteiger partial charge in [-0.2, -0.15) is 0 Å². The Hall–Kier alpha value is -3.08. The summed E-state index contributed by atoms with van der Waals surface area (Å²) in [5.74, 6) is -0.567. The second-order valence-electron chi connectivity index (χ2n) is 8.61. The number of carbonyl (C=O) groups excluding carboxylic acids is 1. The summed E-state index contributed by atoms with van der Waals surface area (Å²) in [5.41, 5.74) is 3.40. The summed E-state index contributed by atoms with van der Waals surface area (Å²) < 4.78 is 54.3. The van der Waals surface area contributed by atoms with Crippen molar-refractivity contribution >= 4 is 54.6 Å². The van der Waals surface area contributed by atoms with E-state index in [-0.39, 0.29) is 4.90 Å². The standard InChI is InChI=1S/C25H28ClN3O5S2/c1-16-13-17(2)15-21(14-16)29(35(5,31)32)19(4)25(30)27-20-9-11-22(12-10-20)36(33,34)28-24-8-6-7-23(26)18(24)3/h6-15,19,28H,1-5H3,(H,27,30)/t19-/m1/s1. The summed E-state index contributed by atoms with van der Waals surface area (Å²) in [6.45, 7) is 6.89. The van der Waals surface area contributed by atoms with Crippen molar-refractivity contribution in [3.8, 4) is 0 Å². The number of benzene rings is 3. The molecule has 0 spiro atoms. The number of halogens is 1. The lowest BCUT2D eigenvalue weighted by molar-refractivity contribution is -0.116.